The van der Waals surface area contributed by atoms with Crippen LogP contribution in [-0.2, 0) is 9.59 Å². The number of rotatable bonds is 1. The van der Waals surface area contributed by atoms with Gasteiger partial charge >= 0.3 is 0 Å². The lowest BCUT2D eigenvalue weighted by Crippen LogP contribution is -2.26. The van der Waals surface area contributed by atoms with Gasteiger partial charge in [0.1, 0.15) is 0 Å². The van der Waals surface area contributed by atoms with Crippen molar-refractivity contribution < 1.29 is 27.2 Å². The minimum Gasteiger partial charge on any atom is -0.302 e. The molecule has 0 radical (unpaired) electrons. The molecule has 3 nitrogen and oxygen atoms in total. The Balaban J connectivity index is 2.53. The summed E-state index contributed by atoms with van der Waals surface area (Å²) in [5.41, 5.74) is -0.766. The van der Waals surface area contributed by atoms with E-state index in [1.807, 2.05) is 0 Å². The molecular weight excluding hydrogens is 242 g/mol. The second kappa shape index (κ2) is 3.83. The number of ketones is 1. The first-order valence-corrected chi connectivity index (χ1v) is 4.57. The molecule has 0 aromatic heterocycles. The number of Topliss-reactive ketones (excluding diaryl/α,β-unsaturated/α-hetero) is 1. The highest BCUT2D eigenvalue weighted by atomic mass is 19.2. The minimum absolute atomic E-state index is 0.351. The van der Waals surface area contributed by atoms with Gasteiger partial charge in [0, 0.05) is 6.07 Å². The zero-order valence-electron chi connectivity index (χ0n) is 8.27. The number of hydrogen-bond donors (Lipinski definition) is 0. The van der Waals surface area contributed by atoms with E-state index in [2.05, 4.69) is 0 Å². The molecule has 0 bridgehead atoms. The number of amides is 1. The topological polar surface area (TPSA) is 37.4 Å². The Morgan fingerprint density at radius 3 is 2.18 bits per heavy atom. The van der Waals surface area contributed by atoms with Crippen LogP contribution in [0.5, 0.6) is 0 Å². The molecule has 1 saturated heterocycles. The molecule has 1 amide bonds. The Kier molecular flexibility index (Phi) is 2.60. The second-order valence-corrected chi connectivity index (χ2v) is 3.51. The van der Waals surface area contributed by atoms with Crippen LogP contribution in [0.1, 0.15) is 6.42 Å². The molecule has 90 valence electrons. The summed E-state index contributed by atoms with van der Waals surface area (Å²) < 4.78 is 51.8. The summed E-state index contributed by atoms with van der Waals surface area (Å²) in [6.45, 7) is -0.472. The Morgan fingerprint density at radius 1 is 1.00 bits per heavy atom. The van der Waals surface area contributed by atoms with Crippen LogP contribution in [0.2, 0.25) is 0 Å². The second-order valence-electron chi connectivity index (χ2n) is 3.51. The molecule has 0 unspecified atom stereocenters. The molecule has 0 saturated carbocycles. The SMILES string of the molecule is O=C1CC(=O)N(c2cc(F)c(F)c(F)c2F)C1. The van der Waals surface area contributed by atoms with E-state index < -0.39 is 53.6 Å². The zero-order valence-corrected chi connectivity index (χ0v) is 8.27. The molecule has 1 aromatic rings. The maximum atomic E-state index is 13.3. The number of benzene rings is 1. The highest BCUT2D eigenvalue weighted by molar-refractivity contribution is 6.15. The van der Waals surface area contributed by atoms with Gasteiger partial charge in [0.15, 0.2) is 29.1 Å². The van der Waals surface area contributed by atoms with E-state index in [9.17, 15) is 27.2 Å². The van der Waals surface area contributed by atoms with Crippen LogP contribution in [0, 0.1) is 23.3 Å². The van der Waals surface area contributed by atoms with Crippen molar-refractivity contribution in [3.05, 3.63) is 29.3 Å². The first-order valence-electron chi connectivity index (χ1n) is 4.57. The fourth-order valence-electron chi connectivity index (χ4n) is 1.56. The average molecular weight is 247 g/mol. The molecule has 0 spiro atoms. The van der Waals surface area contributed by atoms with Gasteiger partial charge in [-0.1, -0.05) is 0 Å². The van der Waals surface area contributed by atoms with Crippen molar-refractivity contribution >= 4 is 17.4 Å². The maximum Gasteiger partial charge on any atom is 0.235 e. The van der Waals surface area contributed by atoms with Gasteiger partial charge in [-0.2, -0.15) is 0 Å². The largest absolute Gasteiger partial charge is 0.302 e. The summed E-state index contributed by atoms with van der Waals surface area (Å²) in [6.07, 6.45) is -0.458. The summed E-state index contributed by atoms with van der Waals surface area (Å²) >= 11 is 0. The lowest BCUT2D eigenvalue weighted by atomic mass is 10.2. The van der Waals surface area contributed by atoms with Gasteiger partial charge < -0.3 is 4.90 Å². The Bertz CT molecular complexity index is 530. The standard InChI is InChI=1S/C10H5F4NO2/c11-5-2-6(9(13)10(14)8(5)12)15-3-4(16)1-7(15)17/h2H,1,3H2. The van der Waals surface area contributed by atoms with Gasteiger partial charge in [-0.15, -0.1) is 0 Å². The van der Waals surface area contributed by atoms with E-state index in [-0.39, 0.29) is 0 Å². The highest BCUT2D eigenvalue weighted by Gasteiger charge is 2.32. The lowest BCUT2D eigenvalue weighted by Gasteiger charge is -2.16. The van der Waals surface area contributed by atoms with E-state index in [4.69, 9.17) is 0 Å². The molecule has 1 fully saturated rings. The number of carbonyl (C=O) groups excluding carboxylic acids is 2. The van der Waals surface area contributed by atoms with Gasteiger partial charge in [-0.05, 0) is 0 Å². The van der Waals surface area contributed by atoms with Crippen molar-refractivity contribution in [2.24, 2.45) is 0 Å². The van der Waals surface area contributed by atoms with Crippen molar-refractivity contribution in [2.75, 3.05) is 11.4 Å². The number of nitrogens with zero attached hydrogens (tertiary/aromatic N) is 1. The molecule has 1 aliphatic rings. The molecule has 0 N–H and O–H groups in total. The Labute approximate surface area is 92.6 Å². The van der Waals surface area contributed by atoms with Gasteiger partial charge in [-0.25, -0.2) is 17.6 Å². The summed E-state index contributed by atoms with van der Waals surface area (Å²) in [7, 11) is 0. The van der Waals surface area contributed by atoms with Gasteiger partial charge in [0.05, 0.1) is 18.7 Å². The quantitative estimate of drug-likeness (QED) is 0.327. The van der Waals surface area contributed by atoms with Crippen molar-refractivity contribution in [1.82, 2.24) is 0 Å². The smallest absolute Gasteiger partial charge is 0.235 e. The average Bonchev–Trinajstić information content (AvgIpc) is 2.60. The van der Waals surface area contributed by atoms with Crippen molar-refractivity contribution in [3.63, 3.8) is 0 Å². The third-order valence-electron chi connectivity index (χ3n) is 2.36. The zero-order chi connectivity index (χ0) is 12.7. The molecule has 2 rings (SSSR count). The predicted molar refractivity (Wildman–Crippen MR) is 48.3 cm³/mol. The molecule has 0 atom stereocenters. The maximum absolute atomic E-state index is 13.3. The molecule has 0 aliphatic carbocycles. The fourth-order valence-corrected chi connectivity index (χ4v) is 1.56. The van der Waals surface area contributed by atoms with Gasteiger partial charge in [0.25, 0.3) is 0 Å². The van der Waals surface area contributed by atoms with Crippen LogP contribution >= 0.6 is 0 Å². The van der Waals surface area contributed by atoms with E-state index in [1.54, 1.807) is 0 Å². The summed E-state index contributed by atoms with van der Waals surface area (Å²) in [6, 6.07) is 0.351. The van der Waals surface area contributed by atoms with Crippen molar-refractivity contribution in [3.8, 4) is 0 Å². The van der Waals surface area contributed by atoms with Gasteiger partial charge in [0.2, 0.25) is 5.91 Å². The van der Waals surface area contributed by atoms with E-state index >= 15 is 0 Å². The van der Waals surface area contributed by atoms with E-state index in [1.165, 1.54) is 0 Å². The Morgan fingerprint density at radius 2 is 1.65 bits per heavy atom. The monoisotopic (exact) mass is 247 g/mol. The van der Waals surface area contributed by atoms with Crippen LogP contribution in [0.3, 0.4) is 0 Å². The normalized spacial score (nSPS) is 15.9. The summed E-state index contributed by atoms with van der Waals surface area (Å²) in [5, 5.41) is 0. The first kappa shape index (κ1) is 11.6. The molecule has 7 heteroatoms. The number of halogens is 4. The first-order chi connectivity index (χ1) is 7.91. The highest BCUT2D eigenvalue weighted by Crippen LogP contribution is 2.28. The van der Waals surface area contributed by atoms with E-state index in [0.29, 0.717) is 11.0 Å². The minimum atomic E-state index is -2.01. The lowest BCUT2D eigenvalue weighted by molar-refractivity contribution is -0.121. The molecule has 1 aromatic carbocycles. The molecular formula is C10H5F4NO2. The predicted octanol–water partition coefficient (Wildman–Crippen LogP) is 1.55. The van der Waals surface area contributed by atoms with Crippen molar-refractivity contribution in [2.45, 2.75) is 6.42 Å². The van der Waals surface area contributed by atoms with Crippen LogP contribution in [-0.4, -0.2) is 18.2 Å². The molecule has 1 aliphatic heterocycles. The van der Waals surface area contributed by atoms with Crippen LogP contribution in [0.15, 0.2) is 6.07 Å². The third-order valence-corrected chi connectivity index (χ3v) is 2.36. The Hall–Kier alpha value is -1.92. The van der Waals surface area contributed by atoms with E-state index in [0.717, 1.165) is 0 Å². The molecule has 17 heavy (non-hydrogen) atoms. The van der Waals surface area contributed by atoms with Crippen LogP contribution in [0.4, 0.5) is 23.2 Å². The van der Waals surface area contributed by atoms with Crippen LogP contribution < -0.4 is 4.90 Å². The number of carbonyl (C=O) groups is 2. The summed E-state index contributed by atoms with van der Waals surface area (Å²) in [5.74, 6) is -8.55. The molecule has 1 heterocycles. The van der Waals surface area contributed by atoms with Gasteiger partial charge in [-0.3, -0.25) is 9.59 Å². The fraction of sp³-hybridized carbons (Fsp3) is 0.200. The van der Waals surface area contributed by atoms with Crippen molar-refractivity contribution in [1.29, 1.82) is 0 Å². The number of hydrogen-bond acceptors (Lipinski definition) is 2. The number of anilines is 1. The van der Waals surface area contributed by atoms with Crippen LogP contribution in [0.25, 0.3) is 0 Å². The summed E-state index contributed by atoms with van der Waals surface area (Å²) in [4.78, 5) is 22.8. The third kappa shape index (κ3) is 1.77.